The van der Waals surface area contributed by atoms with E-state index < -0.39 is 165 Å². The molecule has 328 valence electrons. The number of phenolic OH excluding ortho intramolecular Hbond substituents is 1. The van der Waals surface area contributed by atoms with E-state index in [1.807, 2.05) is 0 Å². The number of anilines is 1. The first-order valence-corrected chi connectivity index (χ1v) is 25.1. The third-order valence-corrected chi connectivity index (χ3v) is 14.1. The van der Waals surface area contributed by atoms with E-state index in [1.54, 1.807) is 0 Å². The average Bonchev–Trinajstić information content (AvgIpc) is 3.08. The average molecular weight is 1090 g/mol. The SMILES string of the molecule is Nc1ccc2c(O)c(N=Nc3ccc(S(=O)(=O)CCOS(=O)(=O)[O-])cc3S(=O)(=O)[O-])c(S(=O)(=O)[O-])cc2c1N=Nc1ccc(S(=O)(=O)CCOS(=O)(=O)[O-])cc1S(=O)(=O)[O-].[Na+].[Na+].[Na+].[Na+].[Na+]. The smallest absolute Gasteiger partial charge is 0.744 e. The van der Waals surface area contributed by atoms with Crippen molar-refractivity contribution in [3.8, 4) is 5.75 Å². The van der Waals surface area contributed by atoms with Gasteiger partial charge in [0.1, 0.15) is 53.1 Å². The maximum Gasteiger partial charge on any atom is 1.00 e. The van der Waals surface area contributed by atoms with Gasteiger partial charge in [0.25, 0.3) is 0 Å². The fourth-order valence-corrected chi connectivity index (χ4v) is 9.76. The number of fused-ring (bicyclic) bond motifs is 1. The molecule has 0 aromatic heterocycles. The van der Waals surface area contributed by atoms with Gasteiger partial charge in [-0.2, -0.15) is 0 Å². The zero-order valence-corrected chi connectivity index (χ0v) is 49.5. The van der Waals surface area contributed by atoms with E-state index in [9.17, 15) is 86.8 Å². The van der Waals surface area contributed by atoms with Crippen LogP contribution >= 0.6 is 0 Å². The van der Waals surface area contributed by atoms with Crippen LogP contribution < -0.4 is 154 Å². The molecule has 0 atom stereocenters. The summed E-state index contributed by atoms with van der Waals surface area (Å²) in [6.45, 7) is -2.39. The van der Waals surface area contributed by atoms with Crippen LogP contribution in [0.1, 0.15) is 0 Å². The van der Waals surface area contributed by atoms with Crippen LogP contribution in [0.4, 0.5) is 28.4 Å². The van der Waals surface area contributed by atoms with Crippen molar-refractivity contribution >= 4 is 110 Å². The molecule has 0 bridgehead atoms. The van der Waals surface area contributed by atoms with Crippen LogP contribution in [0.2, 0.25) is 0 Å². The molecule has 0 heterocycles. The molecule has 0 fully saturated rings. The Labute approximate surface area is 481 Å². The van der Waals surface area contributed by atoms with Gasteiger partial charge in [0, 0.05) is 10.8 Å². The van der Waals surface area contributed by atoms with Crippen molar-refractivity contribution in [2.75, 3.05) is 30.5 Å². The number of phenols is 1. The van der Waals surface area contributed by atoms with E-state index in [0.29, 0.717) is 36.4 Å². The number of hydrogen-bond donors (Lipinski definition) is 2. The summed E-state index contributed by atoms with van der Waals surface area (Å²) in [5.41, 5.74) is 1.83. The molecule has 4 aromatic carbocycles. The number of nitrogens with zero attached hydrogens (tertiary/aromatic N) is 4. The Morgan fingerprint density at radius 1 is 0.477 bits per heavy atom. The minimum atomic E-state index is -5.74. The van der Waals surface area contributed by atoms with Crippen LogP contribution in [0.25, 0.3) is 10.8 Å². The normalized spacial score (nSPS) is 12.7. The summed E-state index contributed by atoms with van der Waals surface area (Å²) < 4.78 is 231. The zero-order chi connectivity index (χ0) is 45.4. The zero-order valence-electron chi connectivity index (χ0n) is 33.8. The van der Waals surface area contributed by atoms with Crippen molar-refractivity contribution in [2.24, 2.45) is 20.5 Å². The molecule has 0 radical (unpaired) electrons. The molecule has 0 aliphatic carbocycles. The van der Waals surface area contributed by atoms with Crippen molar-refractivity contribution in [2.45, 2.75) is 24.5 Å². The van der Waals surface area contributed by atoms with Crippen LogP contribution in [0.3, 0.4) is 0 Å². The van der Waals surface area contributed by atoms with Gasteiger partial charge in [-0.05, 0) is 54.6 Å². The molecule has 0 amide bonds. The summed E-state index contributed by atoms with van der Waals surface area (Å²) in [7, 11) is -36.9. The molecule has 4 aromatic rings. The van der Waals surface area contributed by atoms with Gasteiger partial charge in [-0.3, -0.25) is 8.37 Å². The molecule has 0 saturated heterocycles. The van der Waals surface area contributed by atoms with Crippen molar-refractivity contribution in [1.29, 1.82) is 0 Å². The van der Waals surface area contributed by atoms with Crippen LogP contribution in [0.5, 0.6) is 5.75 Å². The Balaban J connectivity index is 0. The maximum atomic E-state index is 12.6. The number of benzene rings is 4. The molecule has 0 spiro atoms. The van der Waals surface area contributed by atoms with Crippen LogP contribution in [-0.4, -0.2) is 112 Å². The molecule has 0 aliphatic heterocycles. The monoisotopic (exact) mass is 1090 g/mol. The largest absolute Gasteiger partial charge is 1.00 e. The predicted molar refractivity (Wildman–Crippen MR) is 191 cm³/mol. The van der Waals surface area contributed by atoms with Gasteiger partial charge in [0.15, 0.2) is 25.4 Å². The van der Waals surface area contributed by atoms with Gasteiger partial charge in [0.05, 0.1) is 54.9 Å². The molecule has 65 heavy (non-hydrogen) atoms. The van der Waals surface area contributed by atoms with Crippen molar-refractivity contribution in [3.63, 3.8) is 0 Å². The number of nitrogens with two attached hydrogens (primary N) is 1. The molecule has 39 heteroatoms. The molecular weight excluding hydrogens is 1070 g/mol. The molecular formula is C26H20N5Na5O22S7. The number of sulfone groups is 2. The topological polar surface area (TPSA) is 468 Å². The number of rotatable bonds is 17. The number of azo groups is 2. The van der Waals surface area contributed by atoms with Gasteiger partial charge >= 0.3 is 148 Å². The van der Waals surface area contributed by atoms with Crippen molar-refractivity contribution in [3.05, 3.63) is 54.6 Å². The Bertz CT molecular complexity index is 3310. The van der Waals surface area contributed by atoms with Gasteiger partial charge < -0.3 is 33.6 Å². The quantitative estimate of drug-likeness (QED) is 0.0326. The van der Waals surface area contributed by atoms with E-state index in [1.165, 1.54) is 0 Å². The van der Waals surface area contributed by atoms with E-state index in [4.69, 9.17) is 5.73 Å². The summed E-state index contributed by atoms with van der Waals surface area (Å²) >= 11 is 0. The molecule has 27 nitrogen and oxygen atoms in total. The van der Waals surface area contributed by atoms with E-state index in [2.05, 4.69) is 28.8 Å². The molecule has 0 saturated carbocycles. The summed E-state index contributed by atoms with van der Waals surface area (Å²) in [4.78, 5) is -5.98. The van der Waals surface area contributed by atoms with E-state index >= 15 is 0 Å². The van der Waals surface area contributed by atoms with Crippen molar-refractivity contribution < 1.29 is 243 Å². The second-order valence-corrected chi connectivity index (χ2v) is 21.7. The van der Waals surface area contributed by atoms with Gasteiger partial charge in [0.2, 0.25) is 20.8 Å². The number of aromatic hydroxyl groups is 1. The summed E-state index contributed by atoms with van der Waals surface area (Å²) in [6, 6.07) is 5.56. The van der Waals surface area contributed by atoms with Crippen LogP contribution in [-0.2, 0) is 79.2 Å². The first-order valence-electron chi connectivity index (χ1n) is 14.9. The van der Waals surface area contributed by atoms with E-state index in [-0.39, 0.29) is 154 Å². The second-order valence-electron chi connectivity index (χ2n) is 11.3. The minimum Gasteiger partial charge on any atom is -0.744 e. The van der Waals surface area contributed by atoms with Crippen LogP contribution in [0.15, 0.2) is 99.5 Å². The predicted octanol–water partition coefficient (Wildman–Crippen LogP) is -14.8. The summed E-state index contributed by atoms with van der Waals surface area (Å²) in [5, 5.41) is 24.2. The summed E-state index contributed by atoms with van der Waals surface area (Å²) in [5.74, 6) is -3.60. The minimum absolute atomic E-state index is 0. The molecule has 0 unspecified atom stereocenters. The Hall–Kier alpha value is 0.310. The maximum absolute atomic E-state index is 12.6. The fraction of sp³-hybridized carbons (Fsp3) is 0.154. The first-order chi connectivity index (χ1) is 27.2. The molecule has 3 N–H and O–H groups in total. The van der Waals surface area contributed by atoms with Gasteiger partial charge in [-0.25, -0.2) is 58.9 Å². The Morgan fingerprint density at radius 3 is 1.20 bits per heavy atom. The molecule has 4 rings (SSSR count). The Kier molecular flexibility index (Phi) is 26.6. The number of nitrogen functional groups attached to an aromatic ring is 1. The number of hydrogen-bond acceptors (Lipinski definition) is 27. The third-order valence-electron chi connectivity index (χ3n) is 7.30. The fourth-order valence-electron chi connectivity index (χ4n) is 4.70. The van der Waals surface area contributed by atoms with E-state index in [0.717, 1.165) is 12.1 Å². The first kappa shape index (κ1) is 67.4. The summed E-state index contributed by atoms with van der Waals surface area (Å²) in [6.07, 6.45) is 0. The van der Waals surface area contributed by atoms with Gasteiger partial charge in [-0.15, -0.1) is 20.5 Å². The Morgan fingerprint density at radius 2 is 0.846 bits per heavy atom. The van der Waals surface area contributed by atoms with Gasteiger partial charge in [-0.1, -0.05) is 0 Å². The third kappa shape index (κ3) is 18.8. The van der Waals surface area contributed by atoms with Crippen molar-refractivity contribution in [1.82, 2.24) is 0 Å². The standard InChI is InChI=1S/C26H25N5O22S7.5Na/c27-18-4-3-16-17(24(18)30-28-19-5-1-14(11-21(19)56(37,38)39)54(33,34)9-7-52-59(46,47)48)13-23(58(43,44)45)25(26(16)32)31-29-20-6-2-15(12-22(20)57(40,41)42)55(35,36)10-8-53-60(49,50)51;;;;;/h1-6,11-13,32H,7-10,27H2,(H,37,38,39)(H,40,41,42)(H,43,44,45)(H,46,47,48)(H,49,50,51);;;;;/q;5*+1/p-5. The van der Waals surface area contributed by atoms with Crippen LogP contribution in [0, 0.1) is 0 Å². The molecule has 0 aliphatic rings. The second kappa shape index (κ2) is 25.6.